The average molecular weight is 569 g/mol. The molecule has 0 saturated carbocycles. The summed E-state index contributed by atoms with van der Waals surface area (Å²) < 4.78 is 0.925. The van der Waals surface area contributed by atoms with Gasteiger partial charge in [-0.2, -0.15) is 0 Å². The van der Waals surface area contributed by atoms with E-state index in [0.29, 0.717) is 6.42 Å². The fraction of sp³-hybridized carbons (Fsp3) is 0.242. The van der Waals surface area contributed by atoms with Gasteiger partial charge in [-0.1, -0.05) is 88.7 Å². The zero-order valence-electron chi connectivity index (χ0n) is 22.4. The lowest BCUT2D eigenvalue weighted by molar-refractivity contribution is 0.0656. The van der Waals surface area contributed by atoms with E-state index >= 15 is 0 Å². The Balaban J connectivity index is 1.77. The van der Waals surface area contributed by atoms with Crippen molar-refractivity contribution >= 4 is 43.4 Å². The van der Waals surface area contributed by atoms with E-state index in [1.54, 1.807) is 0 Å². The summed E-state index contributed by atoms with van der Waals surface area (Å²) in [5.41, 5.74) is 3.69. The van der Waals surface area contributed by atoms with Crippen LogP contribution in [0.3, 0.4) is 0 Å². The summed E-state index contributed by atoms with van der Waals surface area (Å²) in [6.07, 6.45) is 1.32. The number of rotatable bonds is 8. The fourth-order valence-electron chi connectivity index (χ4n) is 5.32. The predicted molar refractivity (Wildman–Crippen MR) is 163 cm³/mol. The van der Waals surface area contributed by atoms with Crippen molar-refractivity contribution in [3.63, 3.8) is 0 Å². The van der Waals surface area contributed by atoms with Crippen LogP contribution in [0.5, 0.6) is 0 Å². The van der Waals surface area contributed by atoms with Crippen molar-refractivity contribution in [2.24, 2.45) is 0 Å². The highest BCUT2D eigenvalue weighted by atomic mass is 79.9. The van der Waals surface area contributed by atoms with Gasteiger partial charge in [-0.15, -0.1) is 0 Å². The van der Waals surface area contributed by atoms with E-state index in [9.17, 15) is 5.11 Å². The van der Waals surface area contributed by atoms with Crippen LogP contribution in [-0.2, 0) is 12.0 Å². The molecule has 0 aliphatic rings. The van der Waals surface area contributed by atoms with Crippen molar-refractivity contribution in [1.29, 1.82) is 0 Å². The number of nitrogens with zero attached hydrogens (tertiary/aromatic N) is 3. The van der Waals surface area contributed by atoms with Crippen LogP contribution in [0, 0.1) is 0 Å². The molecule has 0 aliphatic heterocycles. The number of pyridine rings is 1. The molecule has 0 bridgehead atoms. The van der Waals surface area contributed by atoms with E-state index in [1.165, 1.54) is 5.56 Å². The Kier molecular flexibility index (Phi) is 7.53. The highest BCUT2D eigenvalue weighted by molar-refractivity contribution is 9.10. The molecule has 5 rings (SSSR count). The third-order valence-corrected chi connectivity index (χ3v) is 7.66. The van der Waals surface area contributed by atoms with Crippen LogP contribution in [0.15, 0.2) is 95.5 Å². The Morgan fingerprint density at radius 3 is 2.24 bits per heavy atom. The number of hydrogen-bond donors (Lipinski definition) is 1. The average Bonchev–Trinajstić information content (AvgIpc) is 2.91. The molecule has 0 amide bonds. The van der Waals surface area contributed by atoms with Crippen LogP contribution >= 0.6 is 15.9 Å². The molecular formula is C33H34BrN3O. The summed E-state index contributed by atoms with van der Waals surface area (Å²) in [7, 11) is 8.15. The number of hydrogen-bond acceptors (Lipinski definition) is 4. The summed E-state index contributed by atoms with van der Waals surface area (Å²) in [6.45, 7) is 0.723. The molecule has 0 fully saturated rings. The third kappa shape index (κ3) is 5.19. The molecular weight excluding hydrogens is 534 g/mol. The predicted octanol–water partition coefficient (Wildman–Crippen LogP) is 6.99. The molecule has 1 unspecified atom stereocenters. The minimum absolute atomic E-state index is 0.532. The van der Waals surface area contributed by atoms with E-state index in [2.05, 4.69) is 86.4 Å². The first kappa shape index (κ1) is 26.4. The topological polar surface area (TPSA) is 39.6 Å². The Bertz CT molecular complexity index is 1580. The monoisotopic (exact) mass is 567 g/mol. The summed E-state index contributed by atoms with van der Waals surface area (Å²) in [5.74, 6) is 0.915. The lowest BCUT2D eigenvalue weighted by Crippen LogP contribution is -2.32. The van der Waals surface area contributed by atoms with Crippen molar-refractivity contribution in [1.82, 2.24) is 9.88 Å². The normalized spacial score (nSPS) is 13.2. The molecule has 5 aromatic rings. The van der Waals surface area contributed by atoms with Gasteiger partial charge in [-0.3, -0.25) is 0 Å². The fourth-order valence-corrected chi connectivity index (χ4v) is 5.79. The summed E-state index contributed by atoms with van der Waals surface area (Å²) in [5, 5.41) is 15.9. The first-order valence-electron chi connectivity index (χ1n) is 13.0. The summed E-state index contributed by atoms with van der Waals surface area (Å²) in [6, 6.07) is 31.3. The highest BCUT2D eigenvalue weighted by Crippen LogP contribution is 2.42. The standard InChI is InChI=1S/C33H34BrN3O/c1-36(2)18-17-33(38,29-16-10-14-24-13-8-9-15-28(24)29)30-22-27(34)21-25-20-26(19-23-11-6-5-7-12-23)32(37(3)4)35-31(25)30/h5-16,20-22,38H,17-19H2,1-4H3. The van der Waals surface area contributed by atoms with Crippen LogP contribution in [0.4, 0.5) is 5.82 Å². The maximum absolute atomic E-state index is 12.8. The Labute approximate surface area is 233 Å². The molecule has 0 spiro atoms. The van der Waals surface area contributed by atoms with Crippen LogP contribution in [0.2, 0.25) is 0 Å². The molecule has 1 atom stereocenters. The molecule has 38 heavy (non-hydrogen) atoms. The first-order valence-corrected chi connectivity index (χ1v) is 13.8. The molecule has 194 valence electrons. The quantitative estimate of drug-likeness (QED) is 0.219. The van der Waals surface area contributed by atoms with Gasteiger partial charge >= 0.3 is 0 Å². The van der Waals surface area contributed by atoms with E-state index in [0.717, 1.165) is 61.6 Å². The second kappa shape index (κ2) is 10.9. The highest BCUT2D eigenvalue weighted by Gasteiger charge is 2.35. The number of halogens is 1. The largest absolute Gasteiger partial charge is 0.380 e. The third-order valence-electron chi connectivity index (χ3n) is 7.20. The van der Waals surface area contributed by atoms with Crippen LogP contribution in [-0.4, -0.2) is 49.7 Å². The number of benzene rings is 4. The maximum Gasteiger partial charge on any atom is 0.132 e. The van der Waals surface area contributed by atoms with Gasteiger partial charge in [0.05, 0.1) is 5.52 Å². The van der Waals surface area contributed by atoms with E-state index in [-0.39, 0.29) is 0 Å². The molecule has 1 N–H and O–H groups in total. The smallest absolute Gasteiger partial charge is 0.132 e. The Morgan fingerprint density at radius 1 is 0.789 bits per heavy atom. The molecule has 1 aromatic heterocycles. The molecule has 4 aromatic carbocycles. The molecule has 0 radical (unpaired) electrons. The van der Waals surface area contributed by atoms with Gasteiger partial charge in [0.2, 0.25) is 0 Å². The molecule has 0 aliphatic carbocycles. The number of aromatic nitrogens is 1. The second-order valence-electron chi connectivity index (χ2n) is 10.5. The summed E-state index contributed by atoms with van der Waals surface area (Å²) in [4.78, 5) is 9.43. The summed E-state index contributed by atoms with van der Waals surface area (Å²) >= 11 is 3.76. The van der Waals surface area contributed by atoms with E-state index in [4.69, 9.17) is 4.98 Å². The van der Waals surface area contributed by atoms with Crippen molar-refractivity contribution in [3.8, 4) is 0 Å². The van der Waals surface area contributed by atoms with Gasteiger partial charge in [-0.05, 0) is 66.2 Å². The van der Waals surface area contributed by atoms with Gasteiger partial charge < -0.3 is 14.9 Å². The first-order chi connectivity index (χ1) is 18.3. The second-order valence-corrected chi connectivity index (χ2v) is 11.4. The number of anilines is 1. The van der Waals surface area contributed by atoms with Crippen LogP contribution in [0.1, 0.15) is 28.7 Å². The van der Waals surface area contributed by atoms with Crippen LogP contribution < -0.4 is 4.90 Å². The number of aliphatic hydroxyl groups is 1. The lowest BCUT2D eigenvalue weighted by atomic mass is 9.80. The van der Waals surface area contributed by atoms with Gasteiger partial charge in [0.25, 0.3) is 0 Å². The minimum atomic E-state index is -1.25. The maximum atomic E-state index is 12.8. The molecule has 5 heteroatoms. The zero-order valence-corrected chi connectivity index (χ0v) is 24.0. The van der Waals surface area contributed by atoms with Crippen molar-refractivity contribution in [3.05, 3.63) is 118 Å². The van der Waals surface area contributed by atoms with Crippen molar-refractivity contribution in [2.45, 2.75) is 18.4 Å². The Morgan fingerprint density at radius 2 is 1.50 bits per heavy atom. The molecule has 1 heterocycles. The molecule has 4 nitrogen and oxygen atoms in total. The van der Waals surface area contributed by atoms with Gasteiger partial charge in [-0.25, -0.2) is 4.98 Å². The SMILES string of the molecule is CN(C)CCC(O)(c1cccc2ccccc12)c1cc(Br)cc2cc(Cc3ccccc3)c(N(C)C)nc12. The van der Waals surface area contributed by atoms with E-state index < -0.39 is 5.60 Å². The van der Waals surface area contributed by atoms with Gasteiger partial charge in [0, 0.05) is 42.5 Å². The van der Waals surface area contributed by atoms with Gasteiger partial charge in [0.1, 0.15) is 11.4 Å². The van der Waals surface area contributed by atoms with Gasteiger partial charge in [0.15, 0.2) is 0 Å². The zero-order chi connectivity index (χ0) is 26.9. The minimum Gasteiger partial charge on any atom is -0.380 e. The Hall–Kier alpha value is -3.25. The van der Waals surface area contributed by atoms with E-state index in [1.807, 2.05) is 58.5 Å². The van der Waals surface area contributed by atoms with Crippen molar-refractivity contribution < 1.29 is 5.11 Å². The van der Waals surface area contributed by atoms with Crippen molar-refractivity contribution in [2.75, 3.05) is 39.6 Å². The number of fused-ring (bicyclic) bond motifs is 2. The lowest BCUT2D eigenvalue weighted by Gasteiger charge is -2.33. The van der Waals surface area contributed by atoms with Crippen LogP contribution in [0.25, 0.3) is 21.7 Å². The molecule has 0 saturated heterocycles.